The molecule has 0 aliphatic rings. The number of carbonyl (C=O) groups is 1. The van der Waals surface area contributed by atoms with Crippen molar-refractivity contribution in [3.8, 4) is 17.2 Å². The van der Waals surface area contributed by atoms with Crippen molar-refractivity contribution in [2.75, 3.05) is 25.6 Å². The lowest BCUT2D eigenvalue weighted by molar-refractivity contribution is 0.104. The SMILES string of the molecule is CC(C)=CCOc1cc(OC=C(C)C)cc(O)c1C(=O)/C=C/c1ccc(N(C)C)cc1. The van der Waals surface area contributed by atoms with Gasteiger partial charge in [0.15, 0.2) is 5.78 Å². The monoisotopic (exact) mass is 421 g/mol. The number of ether oxygens (including phenoxy) is 2. The van der Waals surface area contributed by atoms with Crippen molar-refractivity contribution in [2.45, 2.75) is 27.7 Å². The van der Waals surface area contributed by atoms with Crippen molar-refractivity contribution in [3.63, 3.8) is 0 Å². The van der Waals surface area contributed by atoms with Crippen LogP contribution >= 0.6 is 0 Å². The molecular weight excluding hydrogens is 390 g/mol. The third kappa shape index (κ3) is 7.37. The van der Waals surface area contributed by atoms with Crippen molar-refractivity contribution in [3.05, 3.63) is 77.1 Å². The number of phenols is 1. The molecule has 0 spiro atoms. The molecule has 1 N–H and O–H groups in total. The Labute approximate surface area is 184 Å². The summed E-state index contributed by atoms with van der Waals surface area (Å²) in [7, 11) is 3.94. The number of phenolic OH excluding ortho intramolecular Hbond substituents is 1. The van der Waals surface area contributed by atoms with Gasteiger partial charge in [0.05, 0.1) is 6.26 Å². The first-order chi connectivity index (χ1) is 14.7. The predicted octanol–water partition coefficient (Wildman–Crippen LogP) is 6.00. The summed E-state index contributed by atoms with van der Waals surface area (Å²) in [6.45, 7) is 8.01. The van der Waals surface area contributed by atoms with Crippen LogP contribution in [0.2, 0.25) is 0 Å². The highest BCUT2D eigenvalue weighted by Gasteiger charge is 2.18. The molecule has 0 unspecified atom stereocenters. The second-order valence-corrected chi connectivity index (χ2v) is 7.90. The molecule has 2 rings (SSSR count). The van der Waals surface area contributed by atoms with Crippen LogP contribution < -0.4 is 14.4 Å². The molecule has 0 aliphatic heterocycles. The maximum absolute atomic E-state index is 12.9. The molecule has 0 aliphatic carbocycles. The molecule has 0 saturated carbocycles. The third-order valence-electron chi connectivity index (χ3n) is 4.30. The average molecular weight is 422 g/mol. The number of hydrogen-bond donors (Lipinski definition) is 1. The number of benzene rings is 2. The molecule has 2 aromatic rings. The molecule has 31 heavy (non-hydrogen) atoms. The van der Waals surface area contributed by atoms with Crippen molar-refractivity contribution in [1.82, 2.24) is 0 Å². The molecule has 0 aromatic heterocycles. The highest BCUT2D eigenvalue weighted by Crippen LogP contribution is 2.34. The zero-order valence-electron chi connectivity index (χ0n) is 19.1. The molecular formula is C26H31NO4. The van der Waals surface area contributed by atoms with Crippen LogP contribution in [0.15, 0.2) is 66.0 Å². The van der Waals surface area contributed by atoms with E-state index in [0.29, 0.717) is 5.75 Å². The van der Waals surface area contributed by atoms with Crippen LogP contribution in [0.25, 0.3) is 6.08 Å². The number of nitrogens with zero attached hydrogens (tertiary/aromatic N) is 1. The summed E-state index contributed by atoms with van der Waals surface area (Å²) >= 11 is 0. The van der Waals surface area contributed by atoms with Gasteiger partial charge in [-0.05, 0) is 63.1 Å². The Balaban J connectivity index is 2.33. The number of rotatable bonds is 9. The number of carbonyl (C=O) groups excluding carboxylic acids is 1. The van der Waals surface area contributed by atoms with E-state index in [0.717, 1.165) is 22.4 Å². The second-order valence-electron chi connectivity index (χ2n) is 7.90. The summed E-state index contributed by atoms with van der Waals surface area (Å²) < 4.78 is 11.4. The Morgan fingerprint density at radius 2 is 1.71 bits per heavy atom. The zero-order valence-corrected chi connectivity index (χ0v) is 19.1. The summed E-state index contributed by atoms with van der Waals surface area (Å²) in [5, 5.41) is 10.6. The molecule has 0 atom stereocenters. The van der Waals surface area contributed by atoms with Gasteiger partial charge in [0, 0.05) is 31.9 Å². The molecule has 0 amide bonds. The van der Waals surface area contributed by atoms with E-state index in [1.54, 1.807) is 18.4 Å². The Kier molecular flexibility index (Phi) is 8.50. The summed E-state index contributed by atoms with van der Waals surface area (Å²) in [4.78, 5) is 14.9. The van der Waals surface area contributed by atoms with E-state index in [4.69, 9.17) is 9.47 Å². The van der Waals surface area contributed by atoms with E-state index in [9.17, 15) is 9.90 Å². The standard InChI is InChI=1S/C26H31NO4/c1-18(2)13-14-30-25-16-22(31-17-19(3)4)15-24(29)26(25)23(28)12-9-20-7-10-21(11-8-20)27(5)6/h7-13,15-17,29H,14H2,1-6H3/b12-9+. The van der Waals surface area contributed by atoms with Crippen LogP contribution in [0.4, 0.5) is 5.69 Å². The topological polar surface area (TPSA) is 59.0 Å². The lowest BCUT2D eigenvalue weighted by atomic mass is 10.1. The first-order valence-corrected chi connectivity index (χ1v) is 10.1. The molecule has 0 radical (unpaired) electrons. The number of aromatic hydroxyl groups is 1. The number of ketones is 1. The van der Waals surface area contributed by atoms with E-state index >= 15 is 0 Å². The van der Waals surface area contributed by atoms with Crippen LogP contribution in [0.1, 0.15) is 43.6 Å². The van der Waals surface area contributed by atoms with E-state index < -0.39 is 0 Å². The van der Waals surface area contributed by atoms with Gasteiger partial charge in [-0.1, -0.05) is 23.8 Å². The number of anilines is 1. The predicted molar refractivity (Wildman–Crippen MR) is 127 cm³/mol. The van der Waals surface area contributed by atoms with Crippen molar-refractivity contribution in [1.29, 1.82) is 0 Å². The quantitative estimate of drug-likeness (QED) is 0.233. The van der Waals surface area contributed by atoms with E-state index in [2.05, 4.69) is 0 Å². The fourth-order valence-corrected chi connectivity index (χ4v) is 2.63. The van der Waals surface area contributed by atoms with Crippen LogP contribution in [0.5, 0.6) is 17.2 Å². The largest absolute Gasteiger partial charge is 0.507 e. The van der Waals surface area contributed by atoms with Gasteiger partial charge in [-0.25, -0.2) is 0 Å². The first kappa shape index (κ1) is 23.8. The lowest BCUT2D eigenvalue weighted by Crippen LogP contribution is -2.07. The molecule has 0 fully saturated rings. The highest BCUT2D eigenvalue weighted by molar-refractivity contribution is 6.10. The maximum atomic E-state index is 12.9. The maximum Gasteiger partial charge on any atom is 0.193 e. The van der Waals surface area contributed by atoms with Gasteiger partial charge >= 0.3 is 0 Å². The number of allylic oxidation sites excluding steroid dienone is 3. The van der Waals surface area contributed by atoms with Crippen LogP contribution in [-0.2, 0) is 0 Å². The number of hydrogen-bond acceptors (Lipinski definition) is 5. The van der Waals surface area contributed by atoms with Gasteiger partial charge in [-0.2, -0.15) is 0 Å². The molecule has 2 aromatic carbocycles. The fourth-order valence-electron chi connectivity index (χ4n) is 2.63. The van der Waals surface area contributed by atoms with Crippen molar-refractivity contribution in [2.24, 2.45) is 0 Å². The molecule has 5 heteroatoms. The fraction of sp³-hybridized carbons (Fsp3) is 0.269. The van der Waals surface area contributed by atoms with Gasteiger partial charge in [-0.15, -0.1) is 0 Å². The highest BCUT2D eigenvalue weighted by atomic mass is 16.5. The summed E-state index contributed by atoms with van der Waals surface area (Å²) in [6, 6.07) is 10.9. The second kappa shape index (κ2) is 11.1. The molecule has 5 nitrogen and oxygen atoms in total. The van der Waals surface area contributed by atoms with Crippen LogP contribution in [0.3, 0.4) is 0 Å². The van der Waals surface area contributed by atoms with E-state index in [1.165, 1.54) is 12.1 Å². The Bertz CT molecular complexity index is 991. The Hall–Kier alpha value is -3.47. The van der Waals surface area contributed by atoms with Gasteiger partial charge < -0.3 is 19.5 Å². The minimum atomic E-state index is -0.352. The minimum absolute atomic E-state index is 0.105. The van der Waals surface area contributed by atoms with Gasteiger partial charge in [0.25, 0.3) is 0 Å². The first-order valence-electron chi connectivity index (χ1n) is 10.1. The Morgan fingerprint density at radius 1 is 1.03 bits per heavy atom. The summed E-state index contributed by atoms with van der Waals surface area (Å²) in [5.41, 5.74) is 4.12. The minimum Gasteiger partial charge on any atom is -0.507 e. The molecule has 0 bridgehead atoms. The lowest BCUT2D eigenvalue weighted by Gasteiger charge is -2.13. The molecule has 0 saturated heterocycles. The van der Waals surface area contributed by atoms with E-state index in [-0.39, 0.29) is 29.5 Å². The average Bonchev–Trinajstić information content (AvgIpc) is 2.70. The van der Waals surface area contributed by atoms with Gasteiger partial charge in [0.2, 0.25) is 0 Å². The summed E-state index contributed by atoms with van der Waals surface area (Å²) in [6.07, 6.45) is 6.63. The van der Waals surface area contributed by atoms with Gasteiger partial charge in [0.1, 0.15) is 29.4 Å². The smallest absolute Gasteiger partial charge is 0.193 e. The summed E-state index contributed by atoms with van der Waals surface area (Å²) in [5.74, 6) is 0.123. The molecule has 164 valence electrons. The normalized spacial score (nSPS) is 10.5. The van der Waals surface area contributed by atoms with Crippen molar-refractivity contribution < 1.29 is 19.4 Å². The van der Waals surface area contributed by atoms with E-state index in [1.807, 2.05) is 77.0 Å². The van der Waals surface area contributed by atoms with Crippen LogP contribution in [-0.4, -0.2) is 31.6 Å². The van der Waals surface area contributed by atoms with Crippen LogP contribution in [0, 0.1) is 0 Å². The Morgan fingerprint density at radius 3 is 2.29 bits per heavy atom. The third-order valence-corrected chi connectivity index (χ3v) is 4.30. The zero-order chi connectivity index (χ0) is 23.0. The molecule has 0 heterocycles. The van der Waals surface area contributed by atoms with Gasteiger partial charge in [-0.3, -0.25) is 4.79 Å². The van der Waals surface area contributed by atoms with Crippen molar-refractivity contribution >= 4 is 17.5 Å².